The molecular formula is C15H17N5OS2. The van der Waals surface area contributed by atoms with Gasteiger partial charge in [-0.3, -0.25) is 4.90 Å². The zero-order valence-corrected chi connectivity index (χ0v) is 14.4. The summed E-state index contributed by atoms with van der Waals surface area (Å²) in [5.74, 6) is 0. The summed E-state index contributed by atoms with van der Waals surface area (Å²) in [7, 11) is 0. The molecule has 0 amide bonds. The van der Waals surface area contributed by atoms with E-state index in [2.05, 4.69) is 26.3 Å². The molecule has 2 aromatic heterocycles. The lowest BCUT2D eigenvalue weighted by Gasteiger charge is -2.25. The number of nitrogens with one attached hydrogen (secondary N) is 1. The Bertz CT molecular complexity index is 724. The van der Waals surface area contributed by atoms with E-state index in [0.29, 0.717) is 5.57 Å². The number of morpholine rings is 1. The molecule has 1 aliphatic heterocycles. The molecule has 0 radical (unpaired) electrons. The molecule has 0 bridgehead atoms. The minimum atomic E-state index is 0.521. The molecule has 120 valence electrons. The summed E-state index contributed by atoms with van der Waals surface area (Å²) < 4.78 is 5.35. The average Bonchev–Trinajstić information content (AvgIpc) is 3.19. The fourth-order valence-electron chi connectivity index (χ4n) is 2.19. The first-order valence-corrected chi connectivity index (χ1v) is 9.04. The van der Waals surface area contributed by atoms with Gasteiger partial charge in [0.15, 0.2) is 5.13 Å². The van der Waals surface area contributed by atoms with E-state index in [-0.39, 0.29) is 0 Å². The molecule has 0 aliphatic carbocycles. The zero-order chi connectivity index (χ0) is 16.1. The third-order valence-corrected chi connectivity index (χ3v) is 5.17. The van der Waals surface area contributed by atoms with Crippen LogP contribution in [0.4, 0.5) is 5.13 Å². The van der Waals surface area contributed by atoms with Gasteiger partial charge in [0.05, 0.1) is 18.9 Å². The van der Waals surface area contributed by atoms with Crippen molar-refractivity contribution in [1.82, 2.24) is 14.9 Å². The molecule has 3 heterocycles. The van der Waals surface area contributed by atoms with Gasteiger partial charge < -0.3 is 10.1 Å². The Balaban J connectivity index is 1.61. The van der Waals surface area contributed by atoms with Crippen LogP contribution in [0.25, 0.3) is 5.57 Å². The summed E-state index contributed by atoms with van der Waals surface area (Å²) in [6, 6.07) is 2.18. The highest BCUT2D eigenvalue weighted by Crippen LogP contribution is 2.21. The van der Waals surface area contributed by atoms with Crippen LogP contribution < -0.4 is 5.32 Å². The molecule has 8 heteroatoms. The van der Waals surface area contributed by atoms with Crippen LogP contribution in [-0.4, -0.2) is 41.2 Å². The van der Waals surface area contributed by atoms with Crippen LogP contribution in [0, 0.1) is 18.3 Å². The molecule has 1 fully saturated rings. The van der Waals surface area contributed by atoms with Crippen LogP contribution in [0.3, 0.4) is 0 Å². The van der Waals surface area contributed by atoms with E-state index in [1.54, 1.807) is 6.20 Å². The van der Waals surface area contributed by atoms with Gasteiger partial charge in [0.2, 0.25) is 0 Å². The van der Waals surface area contributed by atoms with Crippen LogP contribution in [0.5, 0.6) is 0 Å². The predicted molar refractivity (Wildman–Crippen MR) is 92.3 cm³/mol. The van der Waals surface area contributed by atoms with Gasteiger partial charge in [-0.1, -0.05) is 0 Å². The van der Waals surface area contributed by atoms with E-state index < -0.39 is 0 Å². The number of ether oxygens (including phenoxy) is 1. The minimum absolute atomic E-state index is 0.521. The van der Waals surface area contributed by atoms with Crippen molar-refractivity contribution in [1.29, 1.82) is 5.26 Å². The van der Waals surface area contributed by atoms with E-state index >= 15 is 0 Å². The van der Waals surface area contributed by atoms with Crippen molar-refractivity contribution in [3.8, 4) is 6.07 Å². The Morgan fingerprint density at radius 3 is 2.91 bits per heavy atom. The minimum Gasteiger partial charge on any atom is -0.379 e. The van der Waals surface area contributed by atoms with Crippen LogP contribution in [-0.2, 0) is 11.3 Å². The fraction of sp³-hybridized carbons (Fsp3) is 0.400. The van der Waals surface area contributed by atoms with Gasteiger partial charge in [-0.15, -0.1) is 22.7 Å². The molecule has 1 saturated heterocycles. The van der Waals surface area contributed by atoms with E-state index in [0.717, 1.165) is 54.4 Å². The maximum absolute atomic E-state index is 9.26. The van der Waals surface area contributed by atoms with Gasteiger partial charge in [0.25, 0.3) is 0 Å². The molecular weight excluding hydrogens is 330 g/mol. The van der Waals surface area contributed by atoms with Gasteiger partial charge in [-0.25, -0.2) is 9.97 Å². The number of thiazole rings is 2. The summed E-state index contributed by atoms with van der Waals surface area (Å²) in [6.45, 7) is 6.22. The first-order chi connectivity index (χ1) is 11.2. The number of hydrogen-bond donors (Lipinski definition) is 1. The largest absolute Gasteiger partial charge is 0.379 e. The maximum Gasteiger partial charge on any atom is 0.186 e. The SMILES string of the molecule is Cc1csc(/C(C#N)=C/Nc2nc(CN3CCOCC3)cs2)n1. The Morgan fingerprint density at radius 2 is 2.22 bits per heavy atom. The van der Waals surface area contributed by atoms with Crippen molar-refractivity contribution in [2.75, 3.05) is 31.6 Å². The van der Waals surface area contributed by atoms with Gasteiger partial charge in [0.1, 0.15) is 16.6 Å². The number of allylic oxidation sites excluding steroid dienone is 1. The standard InChI is InChI=1S/C15H17N5OS2/c1-11-9-22-14(18-11)12(6-16)7-17-15-19-13(10-23-15)8-20-2-4-21-5-3-20/h7,9-10H,2-5,8H2,1H3,(H,17,19)/b12-7+. The second-order valence-electron chi connectivity index (χ2n) is 5.14. The highest BCUT2D eigenvalue weighted by Gasteiger charge is 2.12. The number of nitriles is 1. The van der Waals surface area contributed by atoms with Gasteiger partial charge in [-0.2, -0.15) is 5.26 Å². The zero-order valence-electron chi connectivity index (χ0n) is 12.8. The Labute approximate surface area is 143 Å². The first kappa shape index (κ1) is 16.1. The van der Waals surface area contributed by atoms with Crippen molar-refractivity contribution in [2.45, 2.75) is 13.5 Å². The summed E-state index contributed by atoms with van der Waals surface area (Å²) >= 11 is 3.01. The molecule has 0 atom stereocenters. The predicted octanol–water partition coefficient (Wildman–Crippen LogP) is 2.72. The topological polar surface area (TPSA) is 74.1 Å². The lowest BCUT2D eigenvalue weighted by molar-refractivity contribution is 0.0337. The Morgan fingerprint density at radius 1 is 1.39 bits per heavy atom. The molecule has 0 spiro atoms. The molecule has 0 saturated carbocycles. The first-order valence-electron chi connectivity index (χ1n) is 7.28. The van der Waals surface area contributed by atoms with E-state index in [1.807, 2.05) is 17.7 Å². The van der Waals surface area contributed by atoms with E-state index in [1.165, 1.54) is 22.7 Å². The number of rotatable bonds is 5. The molecule has 1 aliphatic rings. The Hall–Kier alpha value is -1.79. The fourth-order valence-corrected chi connectivity index (χ4v) is 3.62. The van der Waals surface area contributed by atoms with Crippen LogP contribution >= 0.6 is 22.7 Å². The summed E-state index contributed by atoms with van der Waals surface area (Å²) in [5, 5.41) is 17.9. The highest BCUT2D eigenvalue weighted by molar-refractivity contribution is 7.13. The number of hydrogen-bond acceptors (Lipinski definition) is 8. The normalized spacial score (nSPS) is 16.3. The maximum atomic E-state index is 9.26. The monoisotopic (exact) mass is 347 g/mol. The Kier molecular flexibility index (Phi) is 5.35. The second-order valence-corrected chi connectivity index (χ2v) is 6.86. The number of aryl methyl sites for hydroxylation is 1. The van der Waals surface area contributed by atoms with Gasteiger partial charge >= 0.3 is 0 Å². The van der Waals surface area contributed by atoms with Gasteiger partial charge in [0, 0.05) is 42.3 Å². The van der Waals surface area contributed by atoms with E-state index in [9.17, 15) is 5.26 Å². The van der Waals surface area contributed by atoms with Gasteiger partial charge in [-0.05, 0) is 6.92 Å². The summed E-state index contributed by atoms with van der Waals surface area (Å²) in [5.41, 5.74) is 2.48. The van der Waals surface area contributed by atoms with Crippen molar-refractivity contribution >= 4 is 33.4 Å². The van der Waals surface area contributed by atoms with Crippen molar-refractivity contribution in [2.24, 2.45) is 0 Å². The molecule has 2 aromatic rings. The molecule has 23 heavy (non-hydrogen) atoms. The quantitative estimate of drug-likeness (QED) is 0.838. The van der Waals surface area contributed by atoms with Crippen LogP contribution in [0.1, 0.15) is 16.4 Å². The molecule has 1 N–H and O–H groups in total. The van der Waals surface area contributed by atoms with Crippen LogP contribution in [0.15, 0.2) is 17.0 Å². The third kappa shape index (κ3) is 4.36. The van der Waals surface area contributed by atoms with E-state index in [4.69, 9.17) is 4.74 Å². The smallest absolute Gasteiger partial charge is 0.186 e. The lowest BCUT2D eigenvalue weighted by atomic mass is 10.3. The highest BCUT2D eigenvalue weighted by atomic mass is 32.1. The second kappa shape index (κ2) is 7.66. The molecule has 0 unspecified atom stereocenters. The molecule has 6 nitrogen and oxygen atoms in total. The lowest BCUT2D eigenvalue weighted by Crippen LogP contribution is -2.35. The third-order valence-electron chi connectivity index (χ3n) is 3.35. The number of aromatic nitrogens is 2. The average molecular weight is 347 g/mol. The molecule has 3 rings (SSSR count). The molecule has 0 aromatic carbocycles. The van der Waals surface area contributed by atoms with Crippen molar-refractivity contribution in [3.63, 3.8) is 0 Å². The van der Waals surface area contributed by atoms with Crippen molar-refractivity contribution in [3.05, 3.63) is 33.4 Å². The summed E-state index contributed by atoms with van der Waals surface area (Å²) in [6.07, 6.45) is 1.68. The number of nitrogens with zero attached hydrogens (tertiary/aromatic N) is 4. The van der Waals surface area contributed by atoms with Crippen LogP contribution in [0.2, 0.25) is 0 Å². The summed E-state index contributed by atoms with van der Waals surface area (Å²) in [4.78, 5) is 11.2. The number of anilines is 1. The van der Waals surface area contributed by atoms with Crippen molar-refractivity contribution < 1.29 is 4.74 Å².